The molecule has 152 valence electrons. The largest absolute Gasteiger partial charge is 0.240 e. The van der Waals surface area contributed by atoms with Crippen molar-refractivity contribution < 1.29 is 8.42 Å². The highest BCUT2D eigenvalue weighted by Gasteiger charge is 2.25. The molecule has 1 N–H and O–H groups in total. The minimum absolute atomic E-state index is 0.101. The van der Waals surface area contributed by atoms with Gasteiger partial charge >= 0.3 is 0 Å². The lowest BCUT2D eigenvalue weighted by Gasteiger charge is -2.26. The Bertz CT molecular complexity index is 1050. The summed E-state index contributed by atoms with van der Waals surface area (Å²) < 4.78 is 28.5. The molecule has 0 heterocycles. The monoisotopic (exact) mass is 467 g/mol. The van der Waals surface area contributed by atoms with Crippen molar-refractivity contribution in [3.8, 4) is 0 Å². The van der Waals surface area contributed by atoms with Crippen molar-refractivity contribution in [3.05, 3.63) is 99.0 Å². The smallest absolute Gasteiger partial charge is 0.208 e. The predicted octanol–water partition coefficient (Wildman–Crippen LogP) is 6.34. The van der Waals surface area contributed by atoms with E-state index in [1.54, 1.807) is 12.1 Å². The van der Waals surface area contributed by atoms with E-state index in [0.29, 0.717) is 21.5 Å². The Morgan fingerprint density at radius 3 is 1.72 bits per heavy atom. The number of benzene rings is 3. The van der Waals surface area contributed by atoms with Crippen LogP contribution in [0, 0.1) is 0 Å². The highest BCUT2D eigenvalue weighted by Crippen LogP contribution is 2.28. The molecular formula is C22H20Cl3NO2S. The van der Waals surface area contributed by atoms with Crippen LogP contribution in [-0.2, 0) is 16.4 Å². The topological polar surface area (TPSA) is 46.2 Å². The molecule has 0 spiro atoms. The van der Waals surface area contributed by atoms with Gasteiger partial charge in [0.2, 0.25) is 10.0 Å². The molecule has 0 aliphatic rings. The van der Waals surface area contributed by atoms with Gasteiger partial charge in [0, 0.05) is 27.0 Å². The van der Waals surface area contributed by atoms with Crippen LogP contribution < -0.4 is 4.72 Å². The van der Waals surface area contributed by atoms with Crippen LogP contribution in [0.2, 0.25) is 15.1 Å². The molecule has 29 heavy (non-hydrogen) atoms. The SMILES string of the molecule is CC(NS(=O)(=O)c1ccc(Cl)cc1)C(Cc1ccc(Cl)cc1)c1ccc(Cl)cc1. The average Bonchev–Trinajstić information content (AvgIpc) is 2.68. The average molecular weight is 469 g/mol. The third kappa shape index (κ3) is 5.97. The summed E-state index contributed by atoms with van der Waals surface area (Å²) in [6.07, 6.45) is 0.642. The molecule has 2 atom stereocenters. The number of halogens is 3. The highest BCUT2D eigenvalue weighted by atomic mass is 35.5. The van der Waals surface area contributed by atoms with Crippen LogP contribution in [0.3, 0.4) is 0 Å². The first kappa shape index (κ1) is 22.1. The van der Waals surface area contributed by atoms with Crippen LogP contribution >= 0.6 is 34.8 Å². The Morgan fingerprint density at radius 1 is 0.759 bits per heavy atom. The summed E-state index contributed by atoms with van der Waals surface area (Å²) >= 11 is 17.9. The predicted molar refractivity (Wildman–Crippen MR) is 121 cm³/mol. The van der Waals surface area contributed by atoms with Gasteiger partial charge < -0.3 is 0 Å². The third-order valence-electron chi connectivity index (χ3n) is 4.74. The van der Waals surface area contributed by atoms with Crippen molar-refractivity contribution in [2.45, 2.75) is 30.2 Å². The zero-order valence-electron chi connectivity index (χ0n) is 15.6. The minimum Gasteiger partial charge on any atom is -0.208 e. The van der Waals surface area contributed by atoms with Gasteiger partial charge in [-0.2, -0.15) is 0 Å². The lowest BCUT2D eigenvalue weighted by atomic mass is 9.87. The lowest BCUT2D eigenvalue weighted by Crippen LogP contribution is -2.37. The maximum absolute atomic E-state index is 12.8. The maximum atomic E-state index is 12.8. The molecule has 3 aromatic carbocycles. The number of nitrogens with one attached hydrogen (secondary N) is 1. The fraction of sp³-hybridized carbons (Fsp3) is 0.182. The van der Waals surface area contributed by atoms with Crippen molar-refractivity contribution >= 4 is 44.8 Å². The van der Waals surface area contributed by atoms with E-state index >= 15 is 0 Å². The molecule has 0 aliphatic heterocycles. The first-order chi connectivity index (χ1) is 13.7. The van der Waals surface area contributed by atoms with E-state index in [0.717, 1.165) is 11.1 Å². The molecule has 0 bridgehead atoms. The van der Waals surface area contributed by atoms with Crippen LogP contribution in [-0.4, -0.2) is 14.5 Å². The molecule has 3 aromatic rings. The van der Waals surface area contributed by atoms with Gasteiger partial charge in [0.1, 0.15) is 0 Å². The van der Waals surface area contributed by atoms with Gasteiger partial charge in [0.05, 0.1) is 4.90 Å². The number of hydrogen-bond donors (Lipinski definition) is 1. The highest BCUT2D eigenvalue weighted by molar-refractivity contribution is 7.89. The summed E-state index contributed by atoms with van der Waals surface area (Å²) in [7, 11) is -3.69. The Labute approximate surface area is 186 Å². The fourth-order valence-corrected chi connectivity index (χ4v) is 4.84. The molecule has 3 nitrogen and oxygen atoms in total. The quantitative estimate of drug-likeness (QED) is 0.440. The molecular weight excluding hydrogens is 449 g/mol. The molecule has 0 amide bonds. The standard InChI is InChI=1S/C22H20Cl3NO2S/c1-15(26-29(27,28)21-12-10-20(25)11-13-21)22(17-4-8-19(24)9-5-17)14-16-2-6-18(23)7-3-16/h2-13,15,22,26H,14H2,1H3. The van der Waals surface area contributed by atoms with Gasteiger partial charge in [0.25, 0.3) is 0 Å². The van der Waals surface area contributed by atoms with Crippen molar-refractivity contribution in [2.75, 3.05) is 0 Å². The Balaban J connectivity index is 1.88. The first-order valence-corrected chi connectivity index (χ1v) is 11.6. The fourth-order valence-electron chi connectivity index (χ4n) is 3.18. The minimum atomic E-state index is -3.69. The molecule has 7 heteroatoms. The third-order valence-corrected chi connectivity index (χ3v) is 7.07. The first-order valence-electron chi connectivity index (χ1n) is 9.02. The summed E-state index contributed by atoms with van der Waals surface area (Å²) in [5.41, 5.74) is 2.06. The maximum Gasteiger partial charge on any atom is 0.240 e. The zero-order valence-corrected chi connectivity index (χ0v) is 18.7. The Morgan fingerprint density at radius 2 is 1.21 bits per heavy atom. The Kier molecular flexibility index (Phi) is 7.25. The molecule has 3 rings (SSSR count). The van der Waals surface area contributed by atoms with E-state index < -0.39 is 10.0 Å². The summed E-state index contributed by atoms with van der Waals surface area (Å²) in [5.74, 6) is -0.101. The summed E-state index contributed by atoms with van der Waals surface area (Å²) in [4.78, 5) is 0.176. The molecule has 0 aliphatic carbocycles. The molecule has 0 aromatic heterocycles. The second-order valence-electron chi connectivity index (χ2n) is 6.85. The van der Waals surface area contributed by atoms with Crippen LogP contribution in [0.5, 0.6) is 0 Å². The van der Waals surface area contributed by atoms with Crippen LogP contribution in [0.25, 0.3) is 0 Å². The summed E-state index contributed by atoms with van der Waals surface area (Å²) in [6, 6.07) is 20.8. The number of rotatable bonds is 7. The van der Waals surface area contributed by atoms with Gasteiger partial charge in [-0.05, 0) is 73.0 Å². The number of sulfonamides is 1. The lowest BCUT2D eigenvalue weighted by molar-refractivity contribution is 0.503. The molecule has 0 fully saturated rings. The molecule has 0 radical (unpaired) electrons. The van der Waals surface area contributed by atoms with E-state index in [2.05, 4.69) is 4.72 Å². The normalized spacial score (nSPS) is 13.8. The van der Waals surface area contributed by atoms with E-state index in [1.165, 1.54) is 12.1 Å². The second kappa shape index (κ2) is 9.50. The van der Waals surface area contributed by atoms with Crippen molar-refractivity contribution in [2.24, 2.45) is 0 Å². The van der Waals surface area contributed by atoms with E-state index in [9.17, 15) is 8.42 Å². The van der Waals surface area contributed by atoms with E-state index in [4.69, 9.17) is 34.8 Å². The summed E-state index contributed by atoms with van der Waals surface area (Å²) in [6.45, 7) is 1.86. The van der Waals surface area contributed by atoms with Crippen molar-refractivity contribution in [3.63, 3.8) is 0 Å². The van der Waals surface area contributed by atoms with Crippen molar-refractivity contribution in [1.82, 2.24) is 4.72 Å². The van der Waals surface area contributed by atoms with Gasteiger partial charge in [-0.15, -0.1) is 0 Å². The van der Waals surface area contributed by atoms with Gasteiger partial charge in [-0.3, -0.25) is 0 Å². The van der Waals surface area contributed by atoms with Crippen LogP contribution in [0.1, 0.15) is 24.0 Å². The van der Waals surface area contributed by atoms with Gasteiger partial charge in [-0.1, -0.05) is 59.1 Å². The molecule has 0 saturated heterocycles. The van der Waals surface area contributed by atoms with Crippen LogP contribution in [0.15, 0.2) is 77.7 Å². The van der Waals surface area contributed by atoms with Crippen LogP contribution in [0.4, 0.5) is 0 Å². The van der Waals surface area contributed by atoms with Gasteiger partial charge in [-0.25, -0.2) is 13.1 Å². The van der Waals surface area contributed by atoms with Gasteiger partial charge in [0.15, 0.2) is 0 Å². The van der Waals surface area contributed by atoms with Crippen molar-refractivity contribution in [1.29, 1.82) is 0 Å². The second-order valence-corrected chi connectivity index (χ2v) is 9.88. The molecule has 2 unspecified atom stereocenters. The zero-order chi connectivity index (χ0) is 21.0. The summed E-state index contributed by atoms with van der Waals surface area (Å²) in [5, 5.41) is 1.78. The molecule has 0 saturated carbocycles. The Hall–Kier alpha value is -1.56. The number of hydrogen-bond acceptors (Lipinski definition) is 2. The van der Waals surface area contributed by atoms with E-state index in [1.807, 2.05) is 55.5 Å². The van der Waals surface area contributed by atoms with E-state index in [-0.39, 0.29) is 16.9 Å².